The van der Waals surface area contributed by atoms with Crippen LogP contribution in [-0.4, -0.2) is 82.6 Å². The summed E-state index contributed by atoms with van der Waals surface area (Å²) in [5.74, 6) is -1.84. The Labute approximate surface area is 193 Å². The first-order valence-electron chi connectivity index (χ1n) is 12.0. The van der Waals surface area contributed by atoms with Crippen molar-refractivity contribution in [1.29, 1.82) is 0 Å². The van der Waals surface area contributed by atoms with E-state index in [2.05, 4.69) is 15.1 Å². The number of imide groups is 2. The maximum Gasteiger partial charge on any atom is 0.262 e. The van der Waals surface area contributed by atoms with Crippen molar-refractivity contribution in [3.05, 3.63) is 34.9 Å². The molecule has 0 spiro atoms. The number of amides is 4. The second-order valence-electron chi connectivity index (χ2n) is 9.67. The van der Waals surface area contributed by atoms with Gasteiger partial charge >= 0.3 is 0 Å². The summed E-state index contributed by atoms with van der Waals surface area (Å²) in [5, 5.41) is 2.24. The summed E-state index contributed by atoms with van der Waals surface area (Å²) in [4.78, 5) is 56.1. The Kier molecular flexibility index (Phi) is 6.03. The van der Waals surface area contributed by atoms with Crippen molar-refractivity contribution in [3.63, 3.8) is 0 Å². The smallest absolute Gasteiger partial charge is 0.262 e. The Morgan fingerprint density at radius 1 is 0.909 bits per heavy atom. The van der Waals surface area contributed by atoms with E-state index >= 15 is 0 Å². The molecule has 0 bridgehead atoms. The molecule has 2 saturated heterocycles. The largest absolute Gasteiger partial charge is 0.328 e. The third-order valence-corrected chi connectivity index (χ3v) is 7.61. The number of piperazine rings is 1. The highest BCUT2D eigenvalue weighted by atomic mass is 16.2. The van der Waals surface area contributed by atoms with E-state index < -0.39 is 23.8 Å². The van der Waals surface area contributed by atoms with Gasteiger partial charge in [0.2, 0.25) is 11.8 Å². The van der Waals surface area contributed by atoms with Crippen LogP contribution in [-0.2, 0) is 16.1 Å². The van der Waals surface area contributed by atoms with Crippen molar-refractivity contribution in [2.75, 3.05) is 26.2 Å². The normalized spacial score (nSPS) is 29.4. The minimum Gasteiger partial charge on any atom is -0.328 e. The highest BCUT2D eigenvalue weighted by molar-refractivity contribution is 6.24. The minimum atomic E-state index is -0.935. The fourth-order valence-corrected chi connectivity index (χ4v) is 5.71. The first kappa shape index (κ1) is 22.2. The van der Waals surface area contributed by atoms with E-state index in [0.717, 1.165) is 49.5 Å². The first-order valence-corrected chi connectivity index (χ1v) is 12.0. The Morgan fingerprint density at radius 3 is 2.33 bits per heavy atom. The van der Waals surface area contributed by atoms with Gasteiger partial charge in [-0.15, -0.1) is 0 Å². The third kappa shape index (κ3) is 4.20. The molecule has 1 unspecified atom stereocenters. The van der Waals surface area contributed by atoms with E-state index in [4.69, 9.17) is 5.73 Å². The fourth-order valence-electron chi connectivity index (χ4n) is 5.71. The van der Waals surface area contributed by atoms with Crippen LogP contribution in [0.4, 0.5) is 0 Å². The van der Waals surface area contributed by atoms with Crippen LogP contribution in [0.1, 0.15) is 64.8 Å². The highest BCUT2D eigenvalue weighted by Gasteiger charge is 2.45. The van der Waals surface area contributed by atoms with E-state index in [-0.39, 0.29) is 18.7 Å². The molecule has 4 aliphatic rings. The number of rotatable bonds is 4. The number of carbonyl (C=O) groups excluding carboxylic acids is 4. The second-order valence-corrected chi connectivity index (χ2v) is 9.67. The van der Waals surface area contributed by atoms with Gasteiger partial charge in [-0.1, -0.05) is 12.1 Å². The monoisotopic (exact) mass is 453 g/mol. The number of hydrogen-bond donors (Lipinski definition) is 2. The number of hydrogen-bond acceptors (Lipinski definition) is 7. The highest BCUT2D eigenvalue weighted by Crippen LogP contribution is 2.31. The zero-order valence-corrected chi connectivity index (χ0v) is 18.8. The molecule has 3 aliphatic heterocycles. The summed E-state index contributed by atoms with van der Waals surface area (Å²) in [6.45, 7) is 4.39. The number of nitrogens with one attached hydrogen (secondary N) is 1. The molecular weight excluding hydrogens is 422 g/mol. The van der Waals surface area contributed by atoms with Gasteiger partial charge in [0, 0.05) is 51.2 Å². The lowest BCUT2D eigenvalue weighted by atomic mass is 9.90. The van der Waals surface area contributed by atoms with E-state index in [1.807, 2.05) is 6.07 Å². The predicted octanol–water partition coefficient (Wildman–Crippen LogP) is 0.475. The Balaban J connectivity index is 1.26. The van der Waals surface area contributed by atoms with E-state index in [9.17, 15) is 19.2 Å². The summed E-state index contributed by atoms with van der Waals surface area (Å²) in [7, 11) is 0. The van der Waals surface area contributed by atoms with Crippen molar-refractivity contribution >= 4 is 23.6 Å². The first-order chi connectivity index (χ1) is 15.9. The number of carbonyl (C=O) groups is 4. The van der Waals surface area contributed by atoms with Crippen molar-refractivity contribution < 1.29 is 19.2 Å². The molecule has 33 heavy (non-hydrogen) atoms. The summed E-state index contributed by atoms with van der Waals surface area (Å²) >= 11 is 0. The molecule has 3 heterocycles. The molecule has 5 rings (SSSR count). The van der Waals surface area contributed by atoms with Crippen LogP contribution in [0.15, 0.2) is 18.2 Å². The van der Waals surface area contributed by atoms with Crippen molar-refractivity contribution in [3.8, 4) is 0 Å². The van der Waals surface area contributed by atoms with E-state index in [1.165, 1.54) is 12.8 Å². The molecule has 4 amide bonds. The fraction of sp³-hybridized carbons (Fsp3) is 0.583. The molecule has 1 aromatic rings. The number of piperidine rings is 1. The Hall–Kier alpha value is -2.62. The lowest BCUT2D eigenvalue weighted by molar-refractivity contribution is -0.136. The summed E-state index contributed by atoms with van der Waals surface area (Å²) < 4.78 is 0. The third-order valence-electron chi connectivity index (χ3n) is 7.61. The molecule has 1 aromatic carbocycles. The summed E-state index contributed by atoms with van der Waals surface area (Å²) in [5.41, 5.74) is 7.62. The van der Waals surface area contributed by atoms with Gasteiger partial charge in [0.15, 0.2) is 0 Å². The van der Waals surface area contributed by atoms with E-state index in [1.54, 1.807) is 12.1 Å². The van der Waals surface area contributed by atoms with Crippen LogP contribution in [0, 0.1) is 0 Å². The lowest BCUT2D eigenvalue weighted by Gasteiger charge is -2.41. The molecule has 176 valence electrons. The van der Waals surface area contributed by atoms with Crippen LogP contribution in [0.3, 0.4) is 0 Å². The topological polar surface area (TPSA) is 116 Å². The van der Waals surface area contributed by atoms with Gasteiger partial charge in [-0.05, 0) is 43.7 Å². The van der Waals surface area contributed by atoms with Gasteiger partial charge in [0.1, 0.15) is 6.04 Å². The predicted molar refractivity (Wildman–Crippen MR) is 120 cm³/mol. The average molecular weight is 454 g/mol. The zero-order valence-electron chi connectivity index (χ0n) is 18.8. The molecule has 0 aromatic heterocycles. The van der Waals surface area contributed by atoms with E-state index in [0.29, 0.717) is 29.8 Å². The molecule has 9 heteroatoms. The maximum atomic E-state index is 13.3. The van der Waals surface area contributed by atoms with Gasteiger partial charge in [0.05, 0.1) is 11.1 Å². The van der Waals surface area contributed by atoms with Gasteiger partial charge in [0.25, 0.3) is 11.8 Å². The number of nitrogens with zero attached hydrogens (tertiary/aromatic N) is 3. The lowest BCUT2D eigenvalue weighted by Crippen LogP contribution is -2.54. The standard InChI is InChI=1S/C24H31N5O4/c25-16-4-6-17(7-5-16)28-12-10-27(11-13-28)14-15-2-1-3-18-21(15)24(33)29(23(18)32)19-8-9-20(30)26-22(19)31/h1-3,16-17,19H,4-14,25H2,(H,26,30,31). The molecule has 1 atom stereocenters. The van der Waals surface area contributed by atoms with Gasteiger partial charge < -0.3 is 5.73 Å². The van der Waals surface area contributed by atoms with Crippen LogP contribution in [0.5, 0.6) is 0 Å². The molecule has 3 N–H and O–H groups in total. The van der Waals surface area contributed by atoms with Gasteiger partial charge in [-0.3, -0.25) is 39.2 Å². The SMILES string of the molecule is NC1CCC(N2CCN(Cc3cccc4c3C(=O)N(C3CCC(=O)NC3=O)C4=O)CC2)CC1. The van der Waals surface area contributed by atoms with Crippen LogP contribution in [0.2, 0.25) is 0 Å². The quantitative estimate of drug-likeness (QED) is 0.637. The molecule has 0 radical (unpaired) electrons. The van der Waals surface area contributed by atoms with Crippen molar-refractivity contribution in [1.82, 2.24) is 20.0 Å². The van der Waals surface area contributed by atoms with Gasteiger partial charge in [-0.2, -0.15) is 0 Å². The van der Waals surface area contributed by atoms with Crippen LogP contribution < -0.4 is 11.1 Å². The van der Waals surface area contributed by atoms with Crippen molar-refractivity contribution in [2.45, 2.75) is 63.2 Å². The molecule has 3 fully saturated rings. The number of benzene rings is 1. The zero-order chi connectivity index (χ0) is 23.1. The minimum absolute atomic E-state index is 0.119. The molecule has 9 nitrogen and oxygen atoms in total. The van der Waals surface area contributed by atoms with Crippen LogP contribution in [0.25, 0.3) is 0 Å². The Bertz CT molecular complexity index is 979. The second kappa shape index (κ2) is 8.96. The average Bonchev–Trinajstić information content (AvgIpc) is 3.06. The summed E-state index contributed by atoms with van der Waals surface area (Å²) in [6, 6.07) is 5.38. The molecular formula is C24H31N5O4. The number of fused-ring (bicyclic) bond motifs is 1. The Morgan fingerprint density at radius 2 is 1.64 bits per heavy atom. The molecule has 1 saturated carbocycles. The van der Waals surface area contributed by atoms with Crippen molar-refractivity contribution in [2.24, 2.45) is 5.73 Å². The van der Waals surface area contributed by atoms with Crippen LogP contribution >= 0.6 is 0 Å². The summed E-state index contributed by atoms with van der Waals surface area (Å²) in [6.07, 6.45) is 4.81. The number of nitrogens with two attached hydrogens (primary N) is 1. The maximum absolute atomic E-state index is 13.3. The van der Waals surface area contributed by atoms with Gasteiger partial charge in [-0.25, -0.2) is 0 Å². The molecule has 1 aliphatic carbocycles.